The molecule has 5 nitrogen and oxygen atoms in total. The lowest BCUT2D eigenvalue weighted by molar-refractivity contribution is -0.0818. The number of aliphatic hydroxyl groups is 1. The first-order valence-corrected chi connectivity index (χ1v) is 7.89. The summed E-state index contributed by atoms with van der Waals surface area (Å²) in [6.07, 6.45) is 4.50. The van der Waals surface area contributed by atoms with Crippen molar-refractivity contribution in [1.29, 1.82) is 0 Å². The van der Waals surface area contributed by atoms with Crippen molar-refractivity contribution >= 4 is 10.2 Å². The Morgan fingerprint density at radius 3 is 2.88 bits per heavy atom. The Bertz CT molecular complexity index is 371. The van der Waals surface area contributed by atoms with Crippen LogP contribution in [0.5, 0.6) is 0 Å². The molecule has 2 N–H and O–H groups in total. The predicted molar refractivity (Wildman–Crippen MR) is 65.7 cm³/mol. The van der Waals surface area contributed by atoms with Crippen molar-refractivity contribution < 1.29 is 13.5 Å². The average molecular weight is 262 g/mol. The Kier molecular flexibility index (Phi) is 3.77. The normalized spacial score (nSPS) is 35.5. The summed E-state index contributed by atoms with van der Waals surface area (Å²) in [5.41, 5.74) is -0.615. The molecule has 2 atom stereocenters. The van der Waals surface area contributed by atoms with E-state index in [0.717, 1.165) is 25.7 Å². The van der Waals surface area contributed by atoms with Gasteiger partial charge in [-0.15, -0.1) is 0 Å². The molecule has 0 amide bonds. The Morgan fingerprint density at radius 2 is 2.18 bits per heavy atom. The van der Waals surface area contributed by atoms with Gasteiger partial charge in [0.05, 0.1) is 5.60 Å². The molecule has 2 rings (SSSR count). The van der Waals surface area contributed by atoms with Crippen LogP contribution in [0.1, 0.15) is 39.0 Å². The maximum atomic E-state index is 11.9. The smallest absolute Gasteiger partial charge is 0.279 e. The largest absolute Gasteiger partial charge is 0.390 e. The van der Waals surface area contributed by atoms with Crippen molar-refractivity contribution in [2.75, 3.05) is 19.6 Å². The number of nitrogens with zero attached hydrogens (tertiary/aromatic N) is 1. The Hall–Kier alpha value is -0.170. The van der Waals surface area contributed by atoms with Crippen LogP contribution in [-0.2, 0) is 10.2 Å². The first kappa shape index (κ1) is 13.3. The van der Waals surface area contributed by atoms with Crippen LogP contribution in [-0.4, -0.2) is 43.1 Å². The number of hydrogen-bond acceptors (Lipinski definition) is 3. The zero-order valence-electron chi connectivity index (χ0n) is 10.4. The molecule has 2 unspecified atom stereocenters. The van der Waals surface area contributed by atoms with Crippen LogP contribution in [0.4, 0.5) is 0 Å². The van der Waals surface area contributed by atoms with E-state index < -0.39 is 15.8 Å². The third-order valence-corrected chi connectivity index (χ3v) is 5.72. The predicted octanol–water partition coefficient (Wildman–Crippen LogP) is 0.468. The Balaban J connectivity index is 2.07. The highest BCUT2D eigenvalue weighted by molar-refractivity contribution is 7.87. The molecule has 1 saturated carbocycles. The van der Waals surface area contributed by atoms with Crippen LogP contribution >= 0.6 is 0 Å². The van der Waals surface area contributed by atoms with Gasteiger partial charge in [-0.05, 0) is 19.3 Å². The minimum absolute atomic E-state index is 0.110. The number of hydrogen-bond donors (Lipinski definition) is 2. The zero-order valence-corrected chi connectivity index (χ0v) is 11.2. The van der Waals surface area contributed by atoms with Crippen LogP contribution in [0, 0.1) is 5.92 Å². The van der Waals surface area contributed by atoms with E-state index >= 15 is 0 Å². The molecule has 1 aliphatic heterocycles. The highest BCUT2D eigenvalue weighted by Crippen LogP contribution is 2.40. The monoisotopic (exact) mass is 262 g/mol. The maximum absolute atomic E-state index is 11.9. The second kappa shape index (κ2) is 4.84. The molecule has 6 heteroatoms. The van der Waals surface area contributed by atoms with Gasteiger partial charge in [0.2, 0.25) is 0 Å². The lowest BCUT2D eigenvalue weighted by Gasteiger charge is -2.46. The maximum Gasteiger partial charge on any atom is 0.279 e. The van der Waals surface area contributed by atoms with Crippen molar-refractivity contribution in [3.63, 3.8) is 0 Å². The van der Waals surface area contributed by atoms with Crippen LogP contribution in [0.2, 0.25) is 0 Å². The van der Waals surface area contributed by atoms with Gasteiger partial charge in [-0.2, -0.15) is 12.7 Å². The van der Waals surface area contributed by atoms with Crippen molar-refractivity contribution in [2.24, 2.45) is 5.92 Å². The van der Waals surface area contributed by atoms with Crippen molar-refractivity contribution in [1.82, 2.24) is 9.03 Å². The molecule has 2 aliphatic rings. The van der Waals surface area contributed by atoms with Gasteiger partial charge in [-0.3, -0.25) is 0 Å². The number of rotatable bonds is 3. The van der Waals surface area contributed by atoms with E-state index in [1.807, 2.05) is 0 Å². The van der Waals surface area contributed by atoms with E-state index in [2.05, 4.69) is 4.72 Å². The van der Waals surface area contributed by atoms with Crippen molar-refractivity contribution in [3.05, 3.63) is 0 Å². The summed E-state index contributed by atoms with van der Waals surface area (Å²) in [4.78, 5) is 0. The highest BCUT2D eigenvalue weighted by atomic mass is 32.2. The molecule has 0 radical (unpaired) electrons. The molecule has 0 spiro atoms. The van der Waals surface area contributed by atoms with Crippen LogP contribution < -0.4 is 4.72 Å². The van der Waals surface area contributed by atoms with Gasteiger partial charge < -0.3 is 5.11 Å². The summed E-state index contributed by atoms with van der Waals surface area (Å²) < 4.78 is 27.8. The number of nitrogens with one attached hydrogen (secondary N) is 1. The molecule has 17 heavy (non-hydrogen) atoms. The van der Waals surface area contributed by atoms with Gasteiger partial charge in [-0.25, -0.2) is 4.72 Å². The van der Waals surface area contributed by atoms with Gasteiger partial charge in [0, 0.05) is 25.6 Å². The van der Waals surface area contributed by atoms with E-state index in [0.29, 0.717) is 26.1 Å². The quantitative estimate of drug-likeness (QED) is 0.776. The van der Waals surface area contributed by atoms with Crippen molar-refractivity contribution in [3.8, 4) is 0 Å². The molecule has 2 fully saturated rings. The number of piperidine rings is 1. The van der Waals surface area contributed by atoms with Gasteiger partial charge in [0.1, 0.15) is 0 Å². The van der Waals surface area contributed by atoms with Crippen LogP contribution in [0.3, 0.4) is 0 Å². The lowest BCUT2D eigenvalue weighted by atomic mass is 9.72. The fourth-order valence-electron chi connectivity index (χ4n) is 3.03. The first-order valence-electron chi connectivity index (χ1n) is 6.45. The Labute approximate surface area is 103 Å². The summed E-state index contributed by atoms with van der Waals surface area (Å²) >= 11 is 0. The van der Waals surface area contributed by atoms with E-state index in [1.54, 1.807) is 6.92 Å². The van der Waals surface area contributed by atoms with E-state index in [4.69, 9.17) is 0 Å². The molecule has 1 saturated heterocycles. The topological polar surface area (TPSA) is 69.6 Å². The zero-order chi connectivity index (χ0) is 12.5. The molecule has 100 valence electrons. The summed E-state index contributed by atoms with van der Waals surface area (Å²) in [5, 5.41) is 10.5. The second-order valence-corrected chi connectivity index (χ2v) is 6.91. The highest BCUT2D eigenvalue weighted by Gasteiger charge is 2.45. The first-order chi connectivity index (χ1) is 7.98. The summed E-state index contributed by atoms with van der Waals surface area (Å²) in [6.45, 7) is 3.08. The van der Waals surface area contributed by atoms with Gasteiger partial charge >= 0.3 is 0 Å². The minimum Gasteiger partial charge on any atom is -0.390 e. The van der Waals surface area contributed by atoms with Crippen LogP contribution in [0.25, 0.3) is 0 Å². The Morgan fingerprint density at radius 1 is 1.41 bits per heavy atom. The third-order valence-electron chi connectivity index (χ3n) is 4.06. The SMILES string of the molecule is CCNS(=O)(=O)N1CCC2(O)CCCCC2C1. The van der Waals surface area contributed by atoms with E-state index in [9.17, 15) is 13.5 Å². The fraction of sp³-hybridized carbons (Fsp3) is 1.00. The van der Waals surface area contributed by atoms with Crippen molar-refractivity contribution in [2.45, 2.75) is 44.6 Å². The van der Waals surface area contributed by atoms with E-state index in [1.165, 1.54) is 4.31 Å². The van der Waals surface area contributed by atoms with Crippen LogP contribution in [0.15, 0.2) is 0 Å². The summed E-state index contributed by atoms with van der Waals surface area (Å²) in [6, 6.07) is 0. The average Bonchev–Trinajstić information content (AvgIpc) is 2.27. The molecule has 0 bridgehead atoms. The molecule has 0 aromatic heterocycles. The summed E-state index contributed by atoms with van der Waals surface area (Å²) in [5.74, 6) is 0.110. The molecular formula is C11H22N2O3S. The molecular weight excluding hydrogens is 240 g/mol. The lowest BCUT2D eigenvalue weighted by Crippen LogP contribution is -2.56. The molecule has 1 heterocycles. The summed E-state index contributed by atoms with van der Waals surface area (Å²) in [7, 11) is -3.34. The van der Waals surface area contributed by atoms with Gasteiger partial charge in [0.15, 0.2) is 0 Å². The molecule has 0 aromatic carbocycles. The van der Waals surface area contributed by atoms with Gasteiger partial charge in [0.25, 0.3) is 10.2 Å². The number of fused-ring (bicyclic) bond motifs is 1. The molecule has 1 aliphatic carbocycles. The second-order valence-electron chi connectivity index (χ2n) is 5.16. The molecule has 0 aromatic rings. The van der Waals surface area contributed by atoms with Gasteiger partial charge in [-0.1, -0.05) is 19.8 Å². The van der Waals surface area contributed by atoms with E-state index in [-0.39, 0.29) is 5.92 Å². The fourth-order valence-corrected chi connectivity index (χ4v) is 4.29. The third kappa shape index (κ3) is 2.65. The standard InChI is InChI=1S/C11H22N2O3S/c1-2-12-17(15,16)13-8-7-11(14)6-4-3-5-10(11)9-13/h10,12,14H,2-9H2,1H3. The minimum atomic E-state index is -3.34.